The van der Waals surface area contributed by atoms with Crippen molar-refractivity contribution in [2.24, 2.45) is 5.92 Å². The van der Waals surface area contributed by atoms with Gasteiger partial charge in [-0.25, -0.2) is 0 Å². The predicted octanol–water partition coefficient (Wildman–Crippen LogP) is 4.40. The van der Waals surface area contributed by atoms with Crippen molar-refractivity contribution in [3.8, 4) is 0 Å². The smallest absolute Gasteiger partial charge is 0.306 e. The molecule has 0 rings (SSSR count). The molecule has 0 saturated heterocycles. The first-order valence-electron chi connectivity index (χ1n) is 6.56. The van der Waals surface area contributed by atoms with E-state index in [1.165, 1.54) is 25.7 Å². The Morgan fingerprint density at radius 1 is 1.19 bits per heavy atom. The zero-order chi connectivity index (χ0) is 12.2. The summed E-state index contributed by atoms with van der Waals surface area (Å²) in [4.78, 5) is 10.9. The highest BCUT2D eigenvalue weighted by Gasteiger charge is 2.14. The third-order valence-electron chi connectivity index (χ3n) is 2.95. The maximum atomic E-state index is 10.9. The summed E-state index contributed by atoms with van der Waals surface area (Å²) >= 11 is 0. The molecule has 1 unspecified atom stereocenters. The molecule has 0 bridgehead atoms. The first-order chi connectivity index (χ1) is 7.72. The van der Waals surface area contributed by atoms with E-state index in [1.807, 2.05) is 13.0 Å². The number of allylic oxidation sites excluding steroid dienone is 1. The molecule has 1 atom stereocenters. The summed E-state index contributed by atoms with van der Waals surface area (Å²) in [5, 5.41) is 8.97. The number of carbonyl (C=O) groups is 1. The molecule has 0 saturated carbocycles. The Hall–Kier alpha value is -0.790. The monoisotopic (exact) mass is 226 g/mol. The number of carboxylic acid groups (broad SMARTS) is 1. The van der Waals surface area contributed by atoms with Gasteiger partial charge in [-0.2, -0.15) is 0 Å². The third-order valence-corrected chi connectivity index (χ3v) is 2.95. The molecule has 0 aromatic rings. The van der Waals surface area contributed by atoms with Crippen molar-refractivity contribution < 1.29 is 9.90 Å². The van der Waals surface area contributed by atoms with Crippen LogP contribution in [0.1, 0.15) is 64.7 Å². The Morgan fingerprint density at radius 2 is 1.81 bits per heavy atom. The summed E-state index contributed by atoms with van der Waals surface area (Å²) in [6, 6.07) is 0. The van der Waals surface area contributed by atoms with Gasteiger partial charge >= 0.3 is 5.97 Å². The van der Waals surface area contributed by atoms with Gasteiger partial charge in [0.1, 0.15) is 0 Å². The number of aliphatic carboxylic acids is 1. The minimum absolute atomic E-state index is 0.113. The van der Waals surface area contributed by atoms with Gasteiger partial charge in [0.05, 0.1) is 5.92 Å². The van der Waals surface area contributed by atoms with E-state index < -0.39 is 5.97 Å². The molecule has 0 amide bonds. The van der Waals surface area contributed by atoms with E-state index >= 15 is 0 Å². The zero-order valence-electron chi connectivity index (χ0n) is 10.6. The van der Waals surface area contributed by atoms with Crippen LogP contribution in [0.3, 0.4) is 0 Å². The van der Waals surface area contributed by atoms with Crippen LogP contribution in [0.5, 0.6) is 0 Å². The lowest BCUT2D eigenvalue weighted by Crippen LogP contribution is -2.13. The van der Waals surface area contributed by atoms with Crippen LogP contribution in [-0.4, -0.2) is 11.1 Å². The zero-order valence-corrected chi connectivity index (χ0v) is 10.6. The lowest BCUT2D eigenvalue weighted by Gasteiger charge is -2.10. The molecule has 0 aromatic carbocycles. The van der Waals surface area contributed by atoms with Gasteiger partial charge in [0.2, 0.25) is 0 Å². The van der Waals surface area contributed by atoms with Crippen molar-refractivity contribution in [3.63, 3.8) is 0 Å². The van der Waals surface area contributed by atoms with Crippen LogP contribution in [0.2, 0.25) is 0 Å². The molecule has 0 heterocycles. The average molecular weight is 226 g/mol. The molecule has 1 N–H and O–H groups in total. The van der Waals surface area contributed by atoms with E-state index in [0.717, 1.165) is 32.1 Å². The number of hydrogen-bond acceptors (Lipinski definition) is 1. The maximum Gasteiger partial charge on any atom is 0.306 e. The summed E-state index contributed by atoms with van der Waals surface area (Å²) in [6.45, 7) is 5.74. The fraction of sp³-hybridized carbons (Fsp3) is 0.786. The van der Waals surface area contributed by atoms with Gasteiger partial charge in [-0.05, 0) is 25.7 Å². The molecule has 0 aliphatic carbocycles. The second-order valence-electron chi connectivity index (χ2n) is 4.46. The highest BCUT2D eigenvalue weighted by atomic mass is 16.4. The minimum Gasteiger partial charge on any atom is -0.481 e. The Morgan fingerprint density at radius 3 is 2.38 bits per heavy atom. The summed E-state index contributed by atoms with van der Waals surface area (Å²) in [5.74, 6) is -0.730. The molecule has 94 valence electrons. The molecule has 0 fully saturated rings. The van der Waals surface area contributed by atoms with Crippen LogP contribution < -0.4 is 0 Å². The van der Waals surface area contributed by atoms with E-state index in [4.69, 9.17) is 5.11 Å². The number of unbranched alkanes of at least 4 members (excludes halogenated alkanes) is 5. The molecule has 0 aliphatic rings. The average Bonchev–Trinajstić information content (AvgIpc) is 2.26. The normalized spacial score (nSPS) is 12.3. The van der Waals surface area contributed by atoms with Gasteiger partial charge in [0.15, 0.2) is 0 Å². The van der Waals surface area contributed by atoms with E-state index in [0.29, 0.717) is 0 Å². The van der Waals surface area contributed by atoms with E-state index in [9.17, 15) is 4.79 Å². The van der Waals surface area contributed by atoms with Gasteiger partial charge in [-0.3, -0.25) is 4.79 Å². The van der Waals surface area contributed by atoms with E-state index in [-0.39, 0.29) is 5.92 Å². The first-order valence-corrected chi connectivity index (χ1v) is 6.56. The second kappa shape index (κ2) is 10.7. The summed E-state index contributed by atoms with van der Waals surface area (Å²) in [5.41, 5.74) is 0. The molecule has 2 nitrogen and oxygen atoms in total. The van der Waals surface area contributed by atoms with Crippen molar-refractivity contribution in [1.82, 2.24) is 0 Å². The topological polar surface area (TPSA) is 37.3 Å². The van der Waals surface area contributed by atoms with Crippen molar-refractivity contribution in [1.29, 1.82) is 0 Å². The lowest BCUT2D eigenvalue weighted by molar-refractivity contribution is -0.142. The van der Waals surface area contributed by atoms with Gasteiger partial charge in [-0.1, -0.05) is 45.1 Å². The Balaban J connectivity index is 3.40. The van der Waals surface area contributed by atoms with Crippen LogP contribution in [0.15, 0.2) is 12.7 Å². The quantitative estimate of drug-likeness (QED) is 0.418. The fourth-order valence-corrected chi connectivity index (χ4v) is 1.95. The molecular formula is C14H26O2. The largest absolute Gasteiger partial charge is 0.481 e. The predicted molar refractivity (Wildman–Crippen MR) is 68.5 cm³/mol. The van der Waals surface area contributed by atoms with Gasteiger partial charge in [-0.15, -0.1) is 6.58 Å². The van der Waals surface area contributed by atoms with Crippen LogP contribution in [0.4, 0.5) is 0 Å². The molecule has 0 aromatic heterocycles. The van der Waals surface area contributed by atoms with Gasteiger partial charge < -0.3 is 5.11 Å². The first kappa shape index (κ1) is 15.2. The second-order valence-corrected chi connectivity index (χ2v) is 4.46. The SMILES string of the molecule is C=CCCCCCCCC(CCC)C(=O)O. The molecule has 0 aliphatic heterocycles. The molecule has 2 heteroatoms. The number of hydrogen-bond donors (Lipinski definition) is 1. The van der Waals surface area contributed by atoms with Crippen molar-refractivity contribution in [3.05, 3.63) is 12.7 Å². The highest BCUT2D eigenvalue weighted by Crippen LogP contribution is 2.16. The third kappa shape index (κ3) is 8.51. The fourth-order valence-electron chi connectivity index (χ4n) is 1.95. The van der Waals surface area contributed by atoms with Crippen molar-refractivity contribution in [2.45, 2.75) is 64.7 Å². The lowest BCUT2D eigenvalue weighted by atomic mass is 9.96. The van der Waals surface area contributed by atoms with E-state index in [2.05, 4.69) is 6.58 Å². The molecule has 0 spiro atoms. The number of carboxylic acids is 1. The molecule has 16 heavy (non-hydrogen) atoms. The Kier molecular flexibility index (Phi) is 10.2. The molecule has 0 radical (unpaired) electrons. The van der Waals surface area contributed by atoms with Gasteiger partial charge in [0, 0.05) is 0 Å². The maximum absolute atomic E-state index is 10.9. The highest BCUT2D eigenvalue weighted by molar-refractivity contribution is 5.69. The van der Waals surface area contributed by atoms with Crippen molar-refractivity contribution in [2.75, 3.05) is 0 Å². The molecular weight excluding hydrogens is 200 g/mol. The Bertz CT molecular complexity index is 187. The number of rotatable bonds is 11. The van der Waals surface area contributed by atoms with Crippen molar-refractivity contribution >= 4 is 5.97 Å². The summed E-state index contributed by atoms with van der Waals surface area (Å²) < 4.78 is 0. The minimum atomic E-state index is -0.617. The standard InChI is InChI=1S/C14H26O2/c1-3-5-6-7-8-9-10-12-13(11-4-2)14(15)16/h3,13H,1,4-12H2,2H3,(H,15,16). The Labute approximate surface area is 99.7 Å². The summed E-state index contributed by atoms with van der Waals surface area (Å²) in [7, 11) is 0. The van der Waals surface area contributed by atoms with Gasteiger partial charge in [0.25, 0.3) is 0 Å². The summed E-state index contributed by atoms with van der Waals surface area (Å²) in [6.07, 6.45) is 11.6. The van der Waals surface area contributed by atoms with Crippen LogP contribution in [0.25, 0.3) is 0 Å². The van der Waals surface area contributed by atoms with E-state index in [1.54, 1.807) is 0 Å². The van der Waals surface area contributed by atoms with Crippen LogP contribution in [0, 0.1) is 5.92 Å². The van der Waals surface area contributed by atoms with Crippen LogP contribution >= 0.6 is 0 Å². The van der Waals surface area contributed by atoms with Crippen LogP contribution in [-0.2, 0) is 4.79 Å².